The van der Waals surface area contributed by atoms with E-state index in [1.165, 1.54) is 0 Å². The molecule has 4 nitrogen and oxygen atoms in total. The first-order chi connectivity index (χ1) is 19.3. The Morgan fingerprint density at radius 2 is 1.44 bits per heavy atom. The fourth-order valence-electron chi connectivity index (χ4n) is 5.89. The molecule has 0 radical (unpaired) electrons. The van der Waals surface area contributed by atoms with Gasteiger partial charge in [-0.25, -0.2) is 4.98 Å². The van der Waals surface area contributed by atoms with E-state index in [9.17, 15) is 5.26 Å². The summed E-state index contributed by atoms with van der Waals surface area (Å²) in [5, 5.41) is 16.2. The summed E-state index contributed by atoms with van der Waals surface area (Å²) in [6.45, 7) is 0. The van der Waals surface area contributed by atoms with Crippen molar-refractivity contribution in [3.63, 3.8) is 0 Å². The van der Waals surface area contributed by atoms with Crippen molar-refractivity contribution in [1.82, 2.24) is 14.5 Å². The molecule has 8 rings (SSSR count). The standard InChI is InChI=1S/C35H20N4/c36-21-22-12-16-31-28(19-22)29-20-24(14-17-32(29)39(31)25-8-2-1-3-9-25)34-27-15-13-23-7-6-18-37-35(23)33(27)26-10-4-5-11-30(26)38-34/h1-20H. The molecule has 0 amide bonds. The van der Waals surface area contributed by atoms with Crippen LogP contribution in [0, 0.1) is 11.3 Å². The lowest BCUT2D eigenvalue weighted by atomic mass is 9.97. The second kappa shape index (κ2) is 8.24. The summed E-state index contributed by atoms with van der Waals surface area (Å²) in [5.41, 5.74) is 7.77. The van der Waals surface area contributed by atoms with E-state index < -0.39 is 0 Å². The number of nitrogens with zero attached hydrogens (tertiary/aromatic N) is 4. The molecule has 180 valence electrons. The molecule has 0 aliphatic heterocycles. The van der Waals surface area contributed by atoms with Crippen molar-refractivity contribution in [2.24, 2.45) is 0 Å². The average molecular weight is 497 g/mol. The molecule has 0 spiro atoms. The number of rotatable bonds is 2. The summed E-state index contributed by atoms with van der Waals surface area (Å²) < 4.78 is 2.26. The summed E-state index contributed by atoms with van der Waals surface area (Å²) in [6.07, 6.45) is 1.86. The van der Waals surface area contributed by atoms with Crippen molar-refractivity contribution in [2.45, 2.75) is 0 Å². The first-order valence-electron chi connectivity index (χ1n) is 12.9. The maximum atomic E-state index is 9.66. The second-order valence-electron chi connectivity index (χ2n) is 9.79. The van der Waals surface area contributed by atoms with Crippen LogP contribution in [0.2, 0.25) is 0 Å². The van der Waals surface area contributed by atoms with E-state index in [2.05, 4.69) is 89.5 Å². The average Bonchev–Trinajstić information content (AvgIpc) is 3.33. The van der Waals surface area contributed by atoms with E-state index in [1.807, 2.05) is 42.6 Å². The molecule has 0 saturated carbocycles. The van der Waals surface area contributed by atoms with Gasteiger partial charge in [-0.3, -0.25) is 4.98 Å². The van der Waals surface area contributed by atoms with E-state index in [0.717, 1.165) is 71.3 Å². The van der Waals surface area contributed by atoms with Crippen LogP contribution in [-0.2, 0) is 0 Å². The predicted octanol–water partition coefficient (Wildman–Crippen LogP) is 8.57. The zero-order chi connectivity index (χ0) is 25.9. The molecule has 0 aliphatic carbocycles. The Kier molecular flexibility index (Phi) is 4.55. The van der Waals surface area contributed by atoms with Gasteiger partial charge in [-0.15, -0.1) is 0 Å². The van der Waals surface area contributed by atoms with E-state index in [4.69, 9.17) is 9.97 Å². The maximum absolute atomic E-state index is 9.66. The Labute approximate surface area is 224 Å². The van der Waals surface area contributed by atoms with Crippen LogP contribution in [-0.4, -0.2) is 14.5 Å². The van der Waals surface area contributed by atoms with Gasteiger partial charge in [0, 0.05) is 49.8 Å². The molecule has 39 heavy (non-hydrogen) atoms. The third kappa shape index (κ3) is 3.17. The largest absolute Gasteiger partial charge is 0.309 e. The summed E-state index contributed by atoms with van der Waals surface area (Å²) >= 11 is 0. The highest BCUT2D eigenvalue weighted by molar-refractivity contribution is 6.21. The van der Waals surface area contributed by atoms with Crippen molar-refractivity contribution in [3.8, 4) is 23.0 Å². The van der Waals surface area contributed by atoms with Crippen LogP contribution in [0.1, 0.15) is 5.56 Å². The molecule has 0 aliphatic rings. The molecule has 0 atom stereocenters. The number of hydrogen-bond acceptors (Lipinski definition) is 3. The lowest BCUT2D eigenvalue weighted by Gasteiger charge is -2.12. The van der Waals surface area contributed by atoms with E-state index in [-0.39, 0.29) is 0 Å². The zero-order valence-corrected chi connectivity index (χ0v) is 20.8. The molecule has 0 N–H and O–H groups in total. The summed E-state index contributed by atoms with van der Waals surface area (Å²) in [7, 11) is 0. The van der Waals surface area contributed by atoms with Gasteiger partial charge in [0.25, 0.3) is 0 Å². The minimum atomic E-state index is 0.645. The Bertz CT molecular complexity index is 2270. The van der Waals surface area contributed by atoms with E-state index in [0.29, 0.717) is 5.56 Å². The lowest BCUT2D eigenvalue weighted by Crippen LogP contribution is -1.94. The molecule has 3 aromatic heterocycles. The summed E-state index contributed by atoms with van der Waals surface area (Å²) in [5.74, 6) is 0. The van der Waals surface area contributed by atoms with Crippen LogP contribution in [0.15, 0.2) is 121 Å². The van der Waals surface area contributed by atoms with Crippen molar-refractivity contribution in [3.05, 3.63) is 127 Å². The van der Waals surface area contributed by atoms with Crippen molar-refractivity contribution >= 4 is 54.4 Å². The molecule has 8 aromatic rings. The molecule has 0 unspecified atom stereocenters. The minimum absolute atomic E-state index is 0.645. The minimum Gasteiger partial charge on any atom is -0.309 e. The van der Waals surface area contributed by atoms with Gasteiger partial charge in [0.05, 0.1) is 39.4 Å². The quantitative estimate of drug-likeness (QED) is 0.225. The number of nitriles is 1. The van der Waals surface area contributed by atoms with Crippen LogP contribution in [0.3, 0.4) is 0 Å². The topological polar surface area (TPSA) is 54.5 Å². The molecule has 3 heterocycles. The van der Waals surface area contributed by atoms with Crippen LogP contribution in [0.4, 0.5) is 0 Å². The Balaban J connectivity index is 1.49. The first-order valence-corrected chi connectivity index (χ1v) is 12.9. The van der Waals surface area contributed by atoms with Crippen LogP contribution < -0.4 is 0 Å². The van der Waals surface area contributed by atoms with E-state index >= 15 is 0 Å². The Morgan fingerprint density at radius 1 is 0.641 bits per heavy atom. The van der Waals surface area contributed by atoms with Crippen molar-refractivity contribution in [1.29, 1.82) is 5.26 Å². The monoisotopic (exact) mass is 496 g/mol. The predicted molar refractivity (Wildman–Crippen MR) is 159 cm³/mol. The molecule has 4 heteroatoms. The SMILES string of the molecule is N#Cc1ccc2c(c1)c1cc(-c3nc4ccccc4c4c3ccc3cccnc34)ccc1n2-c1ccccc1. The molecular formula is C35H20N4. The number of para-hydroxylation sites is 2. The summed E-state index contributed by atoms with van der Waals surface area (Å²) in [4.78, 5) is 9.96. The first kappa shape index (κ1) is 21.5. The Hall–Kier alpha value is -5.53. The van der Waals surface area contributed by atoms with Crippen LogP contribution in [0.5, 0.6) is 0 Å². The Morgan fingerprint density at radius 3 is 2.31 bits per heavy atom. The number of hydrogen-bond donors (Lipinski definition) is 0. The normalized spacial score (nSPS) is 11.6. The fourth-order valence-corrected chi connectivity index (χ4v) is 5.89. The van der Waals surface area contributed by atoms with E-state index in [1.54, 1.807) is 0 Å². The van der Waals surface area contributed by atoms with Gasteiger partial charge in [0.2, 0.25) is 0 Å². The van der Waals surface area contributed by atoms with Crippen LogP contribution in [0.25, 0.3) is 71.3 Å². The third-order valence-electron chi connectivity index (χ3n) is 7.62. The third-order valence-corrected chi connectivity index (χ3v) is 7.62. The van der Waals surface area contributed by atoms with Gasteiger partial charge in [0.1, 0.15) is 0 Å². The molecule has 5 aromatic carbocycles. The fraction of sp³-hybridized carbons (Fsp3) is 0. The zero-order valence-electron chi connectivity index (χ0n) is 20.8. The molecule has 0 fully saturated rings. The van der Waals surface area contributed by atoms with Crippen LogP contribution >= 0.6 is 0 Å². The maximum Gasteiger partial charge on any atom is 0.0991 e. The number of pyridine rings is 2. The summed E-state index contributed by atoms with van der Waals surface area (Å²) in [6, 6.07) is 41.8. The highest BCUT2D eigenvalue weighted by Gasteiger charge is 2.17. The highest BCUT2D eigenvalue weighted by atomic mass is 15.0. The van der Waals surface area contributed by atoms with Gasteiger partial charge in [-0.1, -0.05) is 60.7 Å². The van der Waals surface area contributed by atoms with Gasteiger partial charge in [0.15, 0.2) is 0 Å². The number of aromatic nitrogens is 3. The number of fused-ring (bicyclic) bond motifs is 8. The highest BCUT2D eigenvalue weighted by Crippen LogP contribution is 2.39. The molecule has 0 saturated heterocycles. The van der Waals surface area contributed by atoms with Gasteiger partial charge < -0.3 is 4.57 Å². The molecule has 0 bridgehead atoms. The van der Waals surface area contributed by atoms with Gasteiger partial charge >= 0.3 is 0 Å². The van der Waals surface area contributed by atoms with Gasteiger partial charge in [-0.2, -0.15) is 5.26 Å². The number of benzene rings is 5. The van der Waals surface area contributed by atoms with Crippen molar-refractivity contribution in [2.75, 3.05) is 0 Å². The van der Waals surface area contributed by atoms with Gasteiger partial charge in [-0.05, 0) is 54.6 Å². The smallest absolute Gasteiger partial charge is 0.0991 e. The second-order valence-corrected chi connectivity index (χ2v) is 9.79. The van der Waals surface area contributed by atoms with Crippen molar-refractivity contribution < 1.29 is 0 Å². The molecular weight excluding hydrogens is 476 g/mol. The lowest BCUT2D eigenvalue weighted by molar-refractivity contribution is 1.18.